The Kier molecular flexibility index (Phi) is 6.65. The summed E-state index contributed by atoms with van der Waals surface area (Å²) in [6, 6.07) is 5.27. The minimum Gasteiger partial charge on any atom is -0.465 e. The summed E-state index contributed by atoms with van der Waals surface area (Å²) >= 11 is 1.02. The van der Waals surface area contributed by atoms with E-state index in [-0.39, 0.29) is 28.2 Å². The van der Waals surface area contributed by atoms with Crippen molar-refractivity contribution in [2.24, 2.45) is 5.73 Å². The van der Waals surface area contributed by atoms with E-state index in [0.717, 1.165) is 23.5 Å². The van der Waals surface area contributed by atoms with Crippen molar-refractivity contribution in [2.75, 3.05) is 5.32 Å². The van der Waals surface area contributed by atoms with Crippen LogP contribution in [-0.2, 0) is 12.1 Å². The Morgan fingerprint density at radius 3 is 2.36 bits per heavy atom. The third-order valence-corrected chi connectivity index (χ3v) is 5.82. The van der Waals surface area contributed by atoms with Gasteiger partial charge in [-0.05, 0) is 50.1 Å². The lowest BCUT2D eigenvalue weighted by Crippen LogP contribution is -2.20. The largest absolute Gasteiger partial charge is 0.465 e. The topological polar surface area (TPSA) is 138 Å². The van der Waals surface area contributed by atoms with E-state index in [1.165, 1.54) is 19.2 Å². The number of carbonyl (C=O) groups excluding carboxylic acids is 1. The maximum atomic E-state index is 14.9. The number of thiophene rings is 1. The number of hydrogen-bond acceptors (Lipinski definition) is 6. The van der Waals surface area contributed by atoms with Crippen LogP contribution in [0.25, 0.3) is 11.1 Å². The molecule has 0 atom stereocenters. The Morgan fingerprint density at radius 1 is 1.21 bits per heavy atom. The van der Waals surface area contributed by atoms with E-state index in [2.05, 4.69) is 15.6 Å². The summed E-state index contributed by atoms with van der Waals surface area (Å²) in [7, 11) is 0. The first kappa shape index (κ1) is 24.1. The number of aromatic nitrogens is 1. The number of amides is 2. The van der Waals surface area contributed by atoms with Crippen LogP contribution in [0.1, 0.15) is 41.0 Å². The maximum absolute atomic E-state index is 14.9. The van der Waals surface area contributed by atoms with Crippen LogP contribution in [0.15, 0.2) is 29.6 Å². The first-order valence-electron chi connectivity index (χ1n) is 9.72. The Labute approximate surface area is 192 Å². The monoisotopic (exact) mass is 476 g/mol. The van der Waals surface area contributed by atoms with E-state index in [1.807, 2.05) is 0 Å². The van der Waals surface area contributed by atoms with Gasteiger partial charge in [0.15, 0.2) is 0 Å². The zero-order valence-electron chi connectivity index (χ0n) is 18.0. The van der Waals surface area contributed by atoms with Crippen LogP contribution in [-0.4, -0.2) is 27.2 Å². The van der Waals surface area contributed by atoms with Gasteiger partial charge in [-0.2, -0.15) is 0 Å². The van der Waals surface area contributed by atoms with Crippen LogP contribution in [0.5, 0.6) is 0 Å². The molecule has 0 aliphatic heterocycles. The van der Waals surface area contributed by atoms with Crippen LogP contribution < -0.4 is 16.4 Å². The van der Waals surface area contributed by atoms with E-state index in [4.69, 9.17) is 10.8 Å². The molecule has 0 fully saturated rings. The number of anilines is 2. The molecule has 174 valence electrons. The van der Waals surface area contributed by atoms with E-state index in [0.29, 0.717) is 17.1 Å². The number of nitrogens with zero attached hydrogens (tertiary/aromatic N) is 1. The molecule has 3 rings (SSSR count). The van der Waals surface area contributed by atoms with Crippen molar-refractivity contribution >= 4 is 34.2 Å². The summed E-state index contributed by atoms with van der Waals surface area (Å²) in [5.74, 6) is -2.44. The molecule has 11 heteroatoms. The van der Waals surface area contributed by atoms with Crippen LogP contribution in [0.2, 0.25) is 0 Å². The molecule has 2 amide bonds. The SMILES string of the molecule is Cc1nc(Nc2scc(-c3c(F)cc(C(C)(C)O)cc3F)c2C(N)=O)ccc1CNC(=O)O. The first-order valence-corrected chi connectivity index (χ1v) is 10.6. The highest BCUT2D eigenvalue weighted by molar-refractivity contribution is 7.15. The van der Waals surface area contributed by atoms with Crippen molar-refractivity contribution in [1.82, 2.24) is 10.3 Å². The lowest BCUT2D eigenvalue weighted by atomic mass is 9.94. The van der Waals surface area contributed by atoms with Gasteiger partial charge in [-0.3, -0.25) is 4.79 Å². The Morgan fingerprint density at radius 2 is 1.85 bits per heavy atom. The average molecular weight is 477 g/mol. The van der Waals surface area contributed by atoms with Gasteiger partial charge < -0.3 is 26.6 Å². The van der Waals surface area contributed by atoms with Gasteiger partial charge in [0, 0.05) is 23.2 Å². The number of hydrogen-bond donors (Lipinski definition) is 5. The van der Waals surface area contributed by atoms with Crippen LogP contribution in [0.3, 0.4) is 0 Å². The molecule has 0 spiro atoms. The van der Waals surface area contributed by atoms with Crippen LogP contribution in [0.4, 0.5) is 24.4 Å². The molecule has 33 heavy (non-hydrogen) atoms. The summed E-state index contributed by atoms with van der Waals surface area (Å²) in [5, 5.41) is 25.6. The van der Waals surface area contributed by atoms with Gasteiger partial charge >= 0.3 is 6.09 Å². The molecule has 0 saturated carbocycles. The molecule has 6 N–H and O–H groups in total. The molecule has 1 aromatic carbocycles. The van der Waals surface area contributed by atoms with Crippen molar-refractivity contribution in [3.8, 4) is 11.1 Å². The van der Waals surface area contributed by atoms with Crippen molar-refractivity contribution in [2.45, 2.75) is 32.9 Å². The molecule has 0 radical (unpaired) electrons. The molecular formula is C22H22F2N4O4S. The molecule has 0 aliphatic carbocycles. The normalized spacial score (nSPS) is 11.3. The van der Waals surface area contributed by atoms with Crippen LogP contribution >= 0.6 is 11.3 Å². The molecule has 2 aromatic heterocycles. The van der Waals surface area contributed by atoms with Crippen molar-refractivity contribution in [3.05, 3.63) is 63.7 Å². The standard InChI is InChI=1S/C22H22F2N4O4S/c1-10-11(8-26-21(30)31)4-5-16(27-10)28-20-18(19(25)29)13(9-33-20)17-14(23)6-12(7-15(17)24)22(2,3)32/h4-7,9,26,32H,8H2,1-3H3,(H2,25,29)(H,27,28)(H,30,31). The fourth-order valence-electron chi connectivity index (χ4n) is 3.20. The van der Waals surface area contributed by atoms with Crippen molar-refractivity contribution < 1.29 is 28.6 Å². The summed E-state index contributed by atoms with van der Waals surface area (Å²) in [6.07, 6.45) is -1.16. The highest BCUT2D eigenvalue weighted by Gasteiger charge is 2.26. The Bertz CT molecular complexity index is 1210. The maximum Gasteiger partial charge on any atom is 0.404 e. The summed E-state index contributed by atoms with van der Waals surface area (Å²) in [4.78, 5) is 27.2. The number of nitrogens with one attached hydrogen (secondary N) is 2. The molecule has 0 saturated heterocycles. The number of halogens is 2. The van der Waals surface area contributed by atoms with Crippen LogP contribution in [0, 0.1) is 18.6 Å². The van der Waals surface area contributed by atoms with E-state index in [1.54, 1.807) is 19.1 Å². The second-order valence-electron chi connectivity index (χ2n) is 7.82. The number of nitrogens with two attached hydrogens (primary N) is 1. The van der Waals surface area contributed by atoms with Gasteiger partial charge in [0.05, 0.1) is 16.7 Å². The number of pyridine rings is 1. The summed E-state index contributed by atoms with van der Waals surface area (Å²) in [6.45, 7) is 4.57. The number of aliphatic hydroxyl groups is 1. The van der Waals surface area contributed by atoms with Gasteiger partial charge in [0.25, 0.3) is 5.91 Å². The number of rotatable bonds is 7. The molecular weight excluding hydrogens is 454 g/mol. The average Bonchev–Trinajstić information content (AvgIpc) is 3.09. The molecule has 0 unspecified atom stereocenters. The fourth-order valence-corrected chi connectivity index (χ4v) is 4.16. The number of aryl methyl sites for hydroxylation is 1. The van der Waals surface area contributed by atoms with Gasteiger partial charge in [-0.1, -0.05) is 6.07 Å². The zero-order valence-corrected chi connectivity index (χ0v) is 18.8. The highest BCUT2D eigenvalue weighted by atomic mass is 32.1. The van der Waals surface area contributed by atoms with E-state index in [9.17, 15) is 23.5 Å². The van der Waals surface area contributed by atoms with Gasteiger partial charge in [0.2, 0.25) is 0 Å². The fraction of sp³-hybridized carbons (Fsp3) is 0.227. The number of carbonyl (C=O) groups is 2. The molecule has 3 aromatic rings. The van der Waals surface area contributed by atoms with Gasteiger partial charge in [0.1, 0.15) is 22.5 Å². The second kappa shape index (κ2) is 9.12. The van der Waals surface area contributed by atoms with Gasteiger partial charge in [-0.15, -0.1) is 11.3 Å². The lowest BCUT2D eigenvalue weighted by molar-refractivity contribution is 0.0778. The van der Waals surface area contributed by atoms with E-state index >= 15 is 0 Å². The Hall–Kier alpha value is -3.57. The number of benzene rings is 1. The van der Waals surface area contributed by atoms with Gasteiger partial charge in [-0.25, -0.2) is 18.6 Å². The zero-order chi connectivity index (χ0) is 24.5. The smallest absolute Gasteiger partial charge is 0.404 e. The highest BCUT2D eigenvalue weighted by Crippen LogP contribution is 2.40. The molecule has 0 bridgehead atoms. The number of carboxylic acid groups (broad SMARTS) is 1. The summed E-state index contributed by atoms with van der Waals surface area (Å²) in [5.41, 5.74) is 4.77. The number of primary amides is 1. The van der Waals surface area contributed by atoms with E-state index < -0.39 is 34.8 Å². The minimum atomic E-state index is -1.45. The molecule has 0 aliphatic rings. The predicted molar refractivity (Wildman–Crippen MR) is 121 cm³/mol. The Balaban J connectivity index is 1.99. The summed E-state index contributed by atoms with van der Waals surface area (Å²) < 4.78 is 29.7. The predicted octanol–water partition coefficient (Wildman–Crippen LogP) is 4.23. The quantitative estimate of drug-likeness (QED) is 0.346. The molecule has 2 heterocycles. The third kappa shape index (κ3) is 5.26. The lowest BCUT2D eigenvalue weighted by Gasteiger charge is -2.19. The minimum absolute atomic E-state index is 0.0219. The van der Waals surface area contributed by atoms with Crippen molar-refractivity contribution in [1.29, 1.82) is 0 Å². The van der Waals surface area contributed by atoms with Crippen molar-refractivity contribution in [3.63, 3.8) is 0 Å². The molecule has 8 nitrogen and oxygen atoms in total. The second-order valence-corrected chi connectivity index (χ2v) is 8.70. The first-order chi connectivity index (χ1) is 15.4. The third-order valence-electron chi connectivity index (χ3n) is 4.92.